The van der Waals surface area contributed by atoms with E-state index >= 15 is 0 Å². The number of hydrogen-bond donors (Lipinski definition) is 1. The second kappa shape index (κ2) is 7.70. The zero-order valence-electron chi connectivity index (χ0n) is 15.3. The zero-order chi connectivity index (χ0) is 19.0. The van der Waals surface area contributed by atoms with Crippen LogP contribution in [0, 0.1) is 5.92 Å². The fourth-order valence-electron chi connectivity index (χ4n) is 3.76. The van der Waals surface area contributed by atoms with Crippen LogP contribution < -0.4 is 10.2 Å². The summed E-state index contributed by atoms with van der Waals surface area (Å²) in [7, 11) is 2.13. The predicted molar refractivity (Wildman–Crippen MR) is 112 cm³/mol. The van der Waals surface area contributed by atoms with Crippen molar-refractivity contribution in [1.29, 1.82) is 0 Å². The predicted octanol–water partition coefficient (Wildman–Crippen LogP) is 4.49. The molecule has 4 rings (SSSR count). The average Bonchev–Trinajstić information content (AvgIpc) is 3.44. The van der Waals surface area contributed by atoms with E-state index in [1.165, 1.54) is 0 Å². The molecule has 2 fully saturated rings. The van der Waals surface area contributed by atoms with Gasteiger partial charge in [-0.15, -0.1) is 0 Å². The zero-order valence-corrected chi connectivity index (χ0v) is 16.8. The van der Waals surface area contributed by atoms with E-state index in [2.05, 4.69) is 22.2 Å². The summed E-state index contributed by atoms with van der Waals surface area (Å²) in [6.45, 7) is 3.89. The van der Waals surface area contributed by atoms with E-state index in [-0.39, 0.29) is 17.7 Å². The van der Waals surface area contributed by atoms with Crippen LogP contribution in [-0.2, 0) is 4.79 Å². The summed E-state index contributed by atoms with van der Waals surface area (Å²) in [5, 5.41) is 4.48. The molecule has 6 heteroatoms. The van der Waals surface area contributed by atoms with Crippen molar-refractivity contribution in [2.45, 2.75) is 12.3 Å². The molecule has 2 unspecified atom stereocenters. The number of piperazine rings is 1. The molecule has 1 aliphatic heterocycles. The van der Waals surface area contributed by atoms with Gasteiger partial charge in [-0.2, -0.15) is 0 Å². The maximum Gasteiger partial charge on any atom is 0.228 e. The Hall–Kier alpha value is -1.75. The minimum atomic E-state index is -0.0378. The van der Waals surface area contributed by atoms with Crippen molar-refractivity contribution in [1.82, 2.24) is 4.90 Å². The molecule has 0 spiro atoms. The SMILES string of the molecule is CN1CCN(c2ccc(Cl)cc2NC(=O)C2CC2c2ccccc2Cl)CC1. The lowest BCUT2D eigenvalue weighted by Crippen LogP contribution is -2.44. The molecule has 2 atom stereocenters. The number of halogens is 2. The number of nitrogens with one attached hydrogen (secondary N) is 1. The summed E-state index contributed by atoms with van der Waals surface area (Å²) < 4.78 is 0. The van der Waals surface area contributed by atoms with Gasteiger partial charge < -0.3 is 15.1 Å². The van der Waals surface area contributed by atoms with Crippen molar-refractivity contribution in [3.8, 4) is 0 Å². The van der Waals surface area contributed by atoms with Crippen molar-refractivity contribution in [2.24, 2.45) is 5.92 Å². The lowest BCUT2D eigenvalue weighted by atomic mass is 10.1. The minimum Gasteiger partial charge on any atom is -0.367 e. The second-order valence-electron chi connectivity index (χ2n) is 7.41. The second-order valence-corrected chi connectivity index (χ2v) is 8.25. The fourth-order valence-corrected chi connectivity index (χ4v) is 4.21. The number of nitrogens with zero attached hydrogens (tertiary/aromatic N) is 2. The molecule has 2 aliphatic rings. The average molecular weight is 404 g/mol. The van der Waals surface area contributed by atoms with Crippen LogP contribution >= 0.6 is 23.2 Å². The topological polar surface area (TPSA) is 35.6 Å². The van der Waals surface area contributed by atoms with Crippen molar-refractivity contribution >= 4 is 40.5 Å². The number of hydrogen-bond acceptors (Lipinski definition) is 3. The first-order chi connectivity index (χ1) is 13.0. The first-order valence-corrected chi connectivity index (χ1v) is 10.1. The molecule has 0 radical (unpaired) electrons. The number of benzene rings is 2. The van der Waals surface area contributed by atoms with E-state index in [9.17, 15) is 4.79 Å². The van der Waals surface area contributed by atoms with E-state index in [0.717, 1.165) is 54.6 Å². The van der Waals surface area contributed by atoms with E-state index in [1.807, 2.05) is 42.5 Å². The van der Waals surface area contributed by atoms with E-state index < -0.39 is 0 Å². The van der Waals surface area contributed by atoms with Crippen molar-refractivity contribution in [3.63, 3.8) is 0 Å². The van der Waals surface area contributed by atoms with Gasteiger partial charge in [0.05, 0.1) is 11.4 Å². The van der Waals surface area contributed by atoms with Gasteiger partial charge in [-0.3, -0.25) is 4.79 Å². The molecular formula is C21H23Cl2N3O. The first kappa shape index (κ1) is 18.6. The molecule has 2 aromatic rings. The van der Waals surface area contributed by atoms with Crippen LogP contribution in [0.1, 0.15) is 17.9 Å². The fraction of sp³-hybridized carbons (Fsp3) is 0.381. The number of amides is 1. The number of rotatable bonds is 4. The Morgan fingerprint density at radius 2 is 1.81 bits per heavy atom. The van der Waals surface area contributed by atoms with Crippen LogP contribution in [0.2, 0.25) is 10.0 Å². The third-order valence-corrected chi connectivity index (χ3v) is 6.07. The highest BCUT2D eigenvalue weighted by molar-refractivity contribution is 6.31. The third-order valence-electron chi connectivity index (χ3n) is 5.49. The number of carbonyl (C=O) groups excluding carboxylic acids is 1. The first-order valence-electron chi connectivity index (χ1n) is 9.31. The molecule has 0 bridgehead atoms. The molecular weight excluding hydrogens is 381 g/mol. The maximum absolute atomic E-state index is 12.8. The van der Waals surface area contributed by atoms with Gasteiger partial charge in [0, 0.05) is 42.1 Å². The highest BCUT2D eigenvalue weighted by Gasteiger charge is 2.45. The van der Waals surface area contributed by atoms with E-state index in [1.54, 1.807) is 0 Å². The Morgan fingerprint density at radius 1 is 1.07 bits per heavy atom. The Labute approximate surface area is 170 Å². The van der Waals surface area contributed by atoms with Gasteiger partial charge in [0.2, 0.25) is 5.91 Å². The van der Waals surface area contributed by atoms with Crippen LogP contribution in [0.15, 0.2) is 42.5 Å². The summed E-state index contributed by atoms with van der Waals surface area (Å²) in [6, 6.07) is 13.5. The van der Waals surface area contributed by atoms with E-state index in [0.29, 0.717) is 5.02 Å². The summed E-state index contributed by atoms with van der Waals surface area (Å²) in [4.78, 5) is 17.5. The molecule has 142 valence electrons. The largest absolute Gasteiger partial charge is 0.367 e. The number of likely N-dealkylation sites (N-methyl/N-ethyl adjacent to an activating group) is 1. The molecule has 27 heavy (non-hydrogen) atoms. The molecule has 1 amide bonds. The normalized spacial score (nSPS) is 22.6. The Kier molecular flexibility index (Phi) is 5.31. The maximum atomic E-state index is 12.8. The highest BCUT2D eigenvalue weighted by atomic mass is 35.5. The monoisotopic (exact) mass is 403 g/mol. The van der Waals surface area contributed by atoms with Gasteiger partial charge in [-0.1, -0.05) is 41.4 Å². The van der Waals surface area contributed by atoms with Crippen molar-refractivity contribution in [2.75, 3.05) is 43.4 Å². The number of carbonyl (C=O) groups is 1. The minimum absolute atomic E-state index is 0.0378. The van der Waals surface area contributed by atoms with Gasteiger partial charge in [-0.25, -0.2) is 0 Å². The molecule has 1 N–H and O–H groups in total. The quantitative estimate of drug-likeness (QED) is 0.816. The molecule has 0 aromatic heterocycles. The lowest BCUT2D eigenvalue weighted by molar-refractivity contribution is -0.117. The molecule has 1 aliphatic carbocycles. The molecule has 1 saturated carbocycles. The Morgan fingerprint density at radius 3 is 2.56 bits per heavy atom. The summed E-state index contributed by atoms with van der Waals surface area (Å²) >= 11 is 12.5. The van der Waals surface area contributed by atoms with Gasteiger partial charge in [0.25, 0.3) is 0 Å². The highest BCUT2D eigenvalue weighted by Crippen LogP contribution is 2.50. The van der Waals surface area contributed by atoms with Crippen LogP contribution in [0.5, 0.6) is 0 Å². The molecule has 2 aromatic carbocycles. The van der Waals surface area contributed by atoms with Crippen LogP contribution in [0.3, 0.4) is 0 Å². The summed E-state index contributed by atoms with van der Waals surface area (Å²) in [5.74, 6) is 0.201. The summed E-state index contributed by atoms with van der Waals surface area (Å²) in [5.41, 5.74) is 2.89. The number of anilines is 2. The Balaban J connectivity index is 1.49. The Bertz CT molecular complexity index is 849. The van der Waals surface area contributed by atoms with Crippen molar-refractivity contribution in [3.05, 3.63) is 58.1 Å². The van der Waals surface area contributed by atoms with Crippen LogP contribution in [-0.4, -0.2) is 44.0 Å². The lowest BCUT2D eigenvalue weighted by Gasteiger charge is -2.35. The van der Waals surface area contributed by atoms with Gasteiger partial charge in [0.15, 0.2) is 0 Å². The smallest absolute Gasteiger partial charge is 0.228 e. The van der Waals surface area contributed by atoms with Crippen molar-refractivity contribution < 1.29 is 4.79 Å². The van der Waals surface area contributed by atoms with Gasteiger partial charge in [0.1, 0.15) is 0 Å². The van der Waals surface area contributed by atoms with E-state index in [4.69, 9.17) is 23.2 Å². The standard InChI is InChI=1S/C21H23Cl2N3O/c1-25-8-10-26(11-9-25)20-7-6-14(22)12-19(20)24-21(27)17-13-16(17)15-4-2-3-5-18(15)23/h2-7,12,16-17H,8-11,13H2,1H3,(H,24,27). The molecule has 1 heterocycles. The third kappa shape index (κ3) is 4.08. The summed E-state index contributed by atoms with van der Waals surface area (Å²) in [6.07, 6.45) is 0.833. The van der Waals surface area contributed by atoms with Crippen LogP contribution in [0.4, 0.5) is 11.4 Å². The molecule has 1 saturated heterocycles. The van der Waals surface area contributed by atoms with Gasteiger partial charge >= 0.3 is 0 Å². The van der Waals surface area contributed by atoms with Crippen LogP contribution in [0.25, 0.3) is 0 Å². The molecule has 4 nitrogen and oxygen atoms in total. The van der Waals surface area contributed by atoms with Gasteiger partial charge in [-0.05, 0) is 49.2 Å².